The number of allylic oxidation sites excluding steroid dienone is 1. The van der Waals surface area contributed by atoms with Gasteiger partial charge in [-0.1, -0.05) is 83.3 Å². The molecule has 1 unspecified atom stereocenters. The largest absolute Gasteiger partial charge is 0.478 e. The molecule has 3 aliphatic rings. The highest BCUT2D eigenvalue weighted by atomic mass is 16.6. The number of carbonyl (C=O) groups excluding carboxylic acids is 3. The van der Waals surface area contributed by atoms with Crippen molar-refractivity contribution in [1.29, 1.82) is 0 Å². The maximum absolute atomic E-state index is 13.2. The van der Waals surface area contributed by atoms with Crippen molar-refractivity contribution in [3.8, 4) is 22.5 Å². The van der Waals surface area contributed by atoms with Crippen LogP contribution in [0.2, 0.25) is 0 Å². The number of carboxylic acid groups (broad SMARTS) is 1. The molecule has 5 rings (SSSR count). The summed E-state index contributed by atoms with van der Waals surface area (Å²) >= 11 is 0. The van der Waals surface area contributed by atoms with E-state index in [0.717, 1.165) is 58.8 Å². The van der Waals surface area contributed by atoms with Crippen LogP contribution >= 0.6 is 0 Å². The smallest absolute Gasteiger partial charge is 0.338 e. The number of rotatable bonds is 26. The molecule has 1 aliphatic carbocycles. The lowest BCUT2D eigenvalue weighted by Gasteiger charge is -2.29. The van der Waals surface area contributed by atoms with Crippen LogP contribution < -0.4 is 25.5 Å². The summed E-state index contributed by atoms with van der Waals surface area (Å²) in [7, 11) is 7.81. The van der Waals surface area contributed by atoms with Gasteiger partial charge in [-0.15, -0.1) is 0 Å². The van der Waals surface area contributed by atoms with Gasteiger partial charge in [0.15, 0.2) is 0 Å². The molecule has 2 aliphatic heterocycles. The monoisotopic (exact) mass is 850 g/mol. The molecule has 2 aromatic rings. The fourth-order valence-corrected chi connectivity index (χ4v) is 8.12. The molecule has 0 aromatic heterocycles. The predicted octanol–water partition coefficient (Wildman–Crippen LogP) is 9.74. The second kappa shape index (κ2) is 24.3. The van der Waals surface area contributed by atoms with Crippen molar-refractivity contribution in [1.82, 2.24) is 15.2 Å². The average Bonchev–Trinajstić information content (AvgIpc) is 3.25. The Balaban J connectivity index is 1.02. The van der Waals surface area contributed by atoms with Gasteiger partial charge in [0.05, 0.1) is 17.2 Å². The summed E-state index contributed by atoms with van der Waals surface area (Å²) in [4.78, 5) is 52.4. The highest BCUT2D eigenvalue weighted by molar-refractivity contribution is 6.09. The second-order valence-corrected chi connectivity index (χ2v) is 17.1. The van der Waals surface area contributed by atoms with E-state index in [1.807, 2.05) is 80.1 Å². The van der Waals surface area contributed by atoms with E-state index in [4.69, 9.17) is 9.15 Å². The molecule has 2 amide bonds. The van der Waals surface area contributed by atoms with Gasteiger partial charge in [0.25, 0.3) is 5.91 Å². The number of anilines is 1. The molecule has 1 atom stereocenters. The summed E-state index contributed by atoms with van der Waals surface area (Å²) < 4.78 is 13.8. The van der Waals surface area contributed by atoms with Crippen LogP contribution in [0, 0.1) is 0 Å². The minimum absolute atomic E-state index is 0.00870. The minimum atomic E-state index is -1.13. The van der Waals surface area contributed by atoms with Crippen molar-refractivity contribution in [3.05, 3.63) is 82.7 Å². The van der Waals surface area contributed by atoms with E-state index in [1.54, 1.807) is 12.1 Å². The number of esters is 1. The summed E-state index contributed by atoms with van der Waals surface area (Å²) in [5, 5.41) is 18.0. The number of carboxylic acids is 1. The number of fused-ring (bicyclic) bond motifs is 2. The van der Waals surface area contributed by atoms with Crippen LogP contribution in [0.25, 0.3) is 33.4 Å². The normalized spacial score (nSPS) is 14.2. The molecule has 3 N–H and O–H groups in total. The quantitative estimate of drug-likeness (QED) is 0.0187. The average molecular weight is 850 g/mol. The molecule has 0 spiro atoms. The molecular weight excluding hydrogens is 781 g/mol. The van der Waals surface area contributed by atoms with E-state index in [1.165, 1.54) is 70.3 Å². The van der Waals surface area contributed by atoms with Crippen molar-refractivity contribution >= 4 is 40.4 Å². The number of carbonyl (C=O) groups is 4. The molecule has 2 aromatic carbocycles. The van der Waals surface area contributed by atoms with Crippen LogP contribution in [0.4, 0.5) is 5.69 Å². The third kappa shape index (κ3) is 13.5. The van der Waals surface area contributed by atoms with Gasteiger partial charge in [0.2, 0.25) is 11.3 Å². The molecule has 1 saturated heterocycles. The van der Waals surface area contributed by atoms with E-state index in [-0.39, 0.29) is 35.0 Å². The van der Waals surface area contributed by atoms with Gasteiger partial charge in [-0.05, 0) is 80.8 Å². The lowest BCUT2D eigenvalue weighted by atomic mass is 9.89. The zero-order valence-corrected chi connectivity index (χ0v) is 37.8. The predicted molar refractivity (Wildman–Crippen MR) is 249 cm³/mol. The molecule has 0 radical (unpaired) electrons. The Morgan fingerprint density at radius 3 is 2.10 bits per heavy atom. The number of nitrogens with one attached hydrogen (secondary N) is 2. The number of unbranched alkanes of at least 4 members (excludes halogenated alkanes) is 13. The van der Waals surface area contributed by atoms with Crippen LogP contribution in [0.3, 0.4) is 0 Å². The Kier molecular flexibility index (Phi) is 18.6. The van der Waals surface area contributed by atoms with Crippen molar-refractivity contribution in [3.63, 3.8) is 0 Å². The third-order valence-corrected chi connectivity index (χ3v) is 11.8. The van der Waals surface area contributed by atoms with E-state index in [2.05, 4.69) is 17.6 Å². The number of hydrogen-bond acceptors (Lipinski definition) is 7. The highest BCUT2D eigenvalue weighted by Gasteiger charge is 2.34. The molecule has 11 nitrogen and oxygen atoms in total. The zero-order valence-electron chi connectivity index (χ0n) is 37.8. The summed E-state index contributed by atoms with van der Waals surface area (Å²) in [6.45, 7) is 3.22. The fourth-order valence-electron chi connectivity index (χ4n) is 8.12. The second-order valence-electron chi connectivity index (χ2n) is 17.1. The van der Waals surface area contributed by atoms with Crippen molar-refractivity contribution in [2.45, 2.75) is 129 Å². The van der Waals surface area contributed by atoms with Gasteiger partial charge in [0.1, 0.15) is 31.5 Å². The van der Waals surface area contributed by atoms with Crippen LogP contribution in [0.15, 0.2) is 70.7 Å². The number of benzene rings is 3. The molecule has 62 heavy (non-hydrogen) atoms. The maximum atomic E-state index is 13.2. The van der Waals surface area contributed by atoms with Crippen LogP contribution in [0.5, 0.6) is 0 Å². The number of ether oxygens (including phenoxy) is 1. The number of amides is 2. The Hall–Kier alpha value is -5.45. The van der Waals surface area contributed by atoms with Gasteiger partial charge in [-0.25, -0.2) is 14.2 Å². The van der Waals surface area contributed by atoms with Crippen LogP contribution in [-0.4, -0.2) is 76.2 Å². The van der Waals surface area contributed by atoms with Gasteiger partial charge in [-0.2, -0.15) is 0 Å². The summed E-state index contributed by atoms with van der Waals surface area (Å²) in [5.74, 6) is -1.08. The topological polar surface area (TPSA) is 141 Å². The third-order valence-electron chi connectivity index (χ3n) is 11.8. The lowest BCUT2D eigenvalue weighted by molar-refractivity contribution is -0.156. The SMILES string of the molecule is CCCCCCCCCCCCCC1OC(=O)C1=CCCCC(=O)NCCCCCNC(=O)c1ccc(-c2c3ccc(=[N+](C)C)cc-3oc3cc(N(C)C)ccc23)c(C(=O)O)c1. The Morgan fingerprint density at radius 1 is 0.774 bits per heavy atom. The molecule has 1 fully saturated rings. The van der Waals surface area contributed by atoms with E-state index in [9.17, 15) is 24.3 Å². The van der Waals surface area contributed by atoms with E-state index < -0.39 is 5.97 Å². The first kappa shape index (κ1) is 47.6. The molecule has 11 heteroatoms. The number of aromatic carboxylic acids is 1. The number of cyclic esters (lactones) is 1. The standard InChI is InChI=1S/C51H68N4O7/c1-6-7-8-9-10-11-12-13-14-15-17-23-44-42(51(60)62-44)22-18-19-24-47(56)52-31-20-16-21-32-53-49(57)36-25-28-39(43(33-36)50(58)59)48-40-29-26-37(54(2)3)34-45(40)61-46-35-38(55(4)5)27-30-41(46)48/h22,25-30,33-35,44H,6-21,23-24,31-32H2,1-5H3,(H2-,52,53,56,57,58,59)/p+1. The van der Waals surface area contributed by atoms with Gasteiger partial charge >= 0.3 is 11.9 Å². The minimum Gasteiger partial charge on any atom is -0.478 e. The molecule has 2 heterocycles. The van der Waals surface area contributed by atoms with Crippen LogP contribution in [0.1, 0.15) is 143 Å². The summed E-state index contributed by atoms with van der Waals surface area (Å²) in [6, 6.07) is 16.6. The Morgan fingerprint density at radius 2 is 1.44 bits per heavy atom. The first-order valence-corrected chi connectivity index (χ1v) is 23.0. The zero-order chi connectivity index (χ0) is 44.4. The van der Waals surface area contributed by atoms with Crippen molar-refractivity contribution in [2.75, 3.05) is 46.2 Å². The van der Waals surface area contributed by atoms with Gasteiger partial charge < -0.3 is 29.8 Å². The molecular formula is C51H69N4O7+. The first-order valence-electron chi connectivity index (χ1n) is 23.0. The fraction of sp³-hybridized carbons (Fsp3) is 0.510. The highest BCUT2D eigenvalue weighted by Crippen LogP contribution is 2.42. The van der Waals surface area contributed by atoms with Gasteiger partial charge in [0, 0.05) is 73.5 Å². The Bertz CT molecular complexity index is 2220. The van der Waals surface area contributed by atoms with Crippen LogP contribution in [-0.2, 0) is 14.3 Å². The molecule has 0 saturated carbocycles. The number of nitrogens with zero attached hydrogens (tertiary/aromatic N) is 2. The summed E-state index contributed by atoms with van der Waals surface area (Å²) in [5.41, 5.74) is 4.62. The summed E-state index contributed by atoms with van der Waals surface area (Å²) in [6.07, 6.45) is 21.0. The molecule has 334 valence electrons. The van der Waals surface area contributed by atoms with Crippen molar-refractivity contribution in [2.24, 2.45) is 0 Å². The lowest BCUT2D eigenvalue weighted by Crippen LogP contribution is -2.36. The van der Waals surface area contributed by atoms with Gasteiger partial charge in [-0.3, -0.25) is 9.59 Å². The molecule has 0 bridgehead atoms. The first-order chi connectivity index (χ1) is 30.0. The van der Waals surface area contributed by atoms with E-state index >= 15 is 0 Å². The number of hydrogen-bond donors (Lipinski definition) is 3. The maximum Gasteiger partial charge on any atom is 0.338 e. The Labute approximate surface area is 368 Å². The van der Waals surface area contributed by atoms with E-state index in [0.29, 0.717) is 55.7 Å². The van der Waals surface area contributed by atoms with Crippen molar-refractivity contribution < 1.29 is 33.4 Å².